The molecule has 20 heavy (non-hydrogen) atoms. The Bertz CT molecular complexity index is 862. The lowest BCUT2D eigenvalue weighted by Gasteiger charge is -2.06. The molecule has 2 N–H and O–H groups in total. The van der Waals surface area contributed by atoms with Crippen LogP contribution in [-0.4, -0.2) is 0 Å². The van der Waals surface area contributed by atoms with Crippen molar-refractivity contribution in [1.82, 2.24) is 0 Å². The predicted molar refractivity (Wildman–Crippen MR) is 81.8 cm³/mol. The van der Waals surface area contributed by atoms with Crippen LogP contribution in [0, 0.1) is 13.8 Å². The Labute approximate surface area is 116 Å². The summed E-state index contributed by atoms with van der Waals surface area (Å²) in [5.41, 5.74) is 10.0. The molecule has 0 saturated heterocycles. The second-order valence-corrected chi connectivity index (χ2v) is 5.05. The number of nitrogen functional groups attached to an aromatic ring is 1. The summed E-state index contributed by atoms with van der Waals surface area (Å²) in [5.74, 6) is 0.540. The SMILES string of the molecule is Cc1ccc2oc(-c3ccc(C)c(N)c3)cc(=O)c2c1. The van der Waals surface area contributed by atoms with Gasteiger partial charge in [-0.2, -0.15) is 0 Å². The van der Waals surface area contributed by atoms with Gasteiger partial charge in [0.15, 0.2) is 5.43 Å². The first-order chi connectivity index (χ1) is 9.54. The van der Waals surface area contributed by atoms with Gasteiger partial charge >= 0.3 is 0 Å². The predicted octanol–water partition coefficient (Wildman–Crippen LogP) is 3.66. The molecule has 0 amide bonds. The molecule has 0 atom stereocenters. The summed E-state index contributed by atoms with van der Waals surface area (Å²) in [4.78, 5) is 12.2. The van der Waals surface area contributed by atoms with Gasteiger partial charge in [0.25, 0.3) is 0 Å². The van der Waals surface area contributed by atoms with Gasteiger partial charge in [0.1, 0.15) is 11.3 Å². The van der Waals surface area contributed by atoms with Crippen molar-refractivity contribution in [3.8, 4) is 11.3 Å². The molecule has 1 heterocycles. The Morgan fingerprint density at radius 3 is 2.55 bits per heavy atom. The molecule has 0 fully saturated rings. The van der Waals surface area contributed by atoms with Gasteiger partial charge in [0.05, 0.1) is 5.39 Å². The second-order valence-electron chi connectivity index (χ2n) is 5.05. The van der Waals surface area contributed by atoms with Crippen LogP contribution in [-0.2, 0) is 0 Å². The maximum absolute atomic E-state index is 12.2. The highest BCUT2D eigenvalue weighted by molar-refractivity contribution is 5.79. The van der Waals surface area contributed by atoms with E-state index in [2.05, 4.69) is 0 Å². The van der Waals surface area contributed by atoms with Gasteiger partial charge in [-0.3, -0.25) is 4.79 Å². The molecule has 0 saturated carbocycles. The Morgan fingerprint density at radius 1 is 1.00 bits per heavy atom. The molecule has 0 bridgehead atoms. The van der Waals surface area contributed by atoms with Gasteiger partial charge in [-0.15, -0.1) is 0 Å². The third kappa shape index (κ3) is 2.07. The lowest BCUT2D eigenvalue weighted by Crippen LogP contribution is -2.01. The van der Waals surface area contributed by atoms with Crippen molar-refractivity contribution in [3.63, 3.8) is 0 Å². The minimum atomic E-state index is -0.0379. The summed E-state index contributed by atoms with van der Waals surface area (Å²) in [6.45, 7) is 3.89. The average Bonchev–Trinajstić information content (AvgIpc) is 2.42. The fraction of sp³-hybridized carbons (Fsp3) is 0.118. The Hall–Kier alpha value is -2.55. The third-order valence-corrected chi connectivity index (χ3v) is 3.45. The zero-order chi connectivity index (χ0) is 14.3. The minimum Gasteiger partial charge on any atom is -0.456 e. The number of rotatable bonds is 1. The molecule has 2 aromatic carbocycles. The molecule has 0 spiro atoms. The molecule has 0 aliphatic rings. The van der Waals surface area contributed by atoms with Crippen LogP contribution in [0.25, 0.3) is 22.3 Å². The molecule has 0 unspecified atom stereocenters. The smallest absolute Gasteiger partial charge is 0.193 e. The summed E-state index contributed by atoms with van der Waals surface area (Å²) in [6, 6.07) is 12.8. The van der Waals surface area contributed by atoms with Crippen LogP contribution in [0.2, 0.25) is 0 Å². The van der Waals surface area contributed by atoms with Crippen molar-refractivity contribution in [2.75, 3.05) is 5.73 Å². The standard InChI is InChI=1S/C17H15NO2/c1-10-3-6-16-13(7-10)15(19)9-17(20-16)12-5-4-11(2)14(18)8-12/h3-9H,18H2,1-2H3. The maximum Gasteiger partial charge on any atom is 0.193 e. The molecular weight excluding hydrogens is 250 g/mol. The number of hydrogen-bond acceptors (Lipinski definition) is 3. The van der Waals surface area contributed by atoms with Gasteiger partial charge in [-0.05, 0) is 37.6 Å². The maximum atomic E-state index is 12.2. The van der Waals surface area contributed by atoms with E-state index in [1.807, 2.05) is 50.2 Å². The monoisotopic (exact) mass is 265 g/mol. The van der Waals surface area contributed by atoms with E-state index in [4.69, 9.17) is 10.2 Å². The number of anilines is 1. The van der Waals surface area contributed by atoms with E-state index in [-0.39, 0.29) is 5.43 Å². The van der Waals surface area contributed by atoms with Gasteiger partial charge in [0, 0.05) is 17.3 Å². The van der Waals surface area contributed by atoms with Crippen molar-refractivity contribution < 1.29 is 4.42 Å². The molecule has 0 radical (unpaired) electrons. The fourth-order valence-electron chi connectivity index (χ4n) is 2.21. The zero-order valence-corrected chi connectivity index (χ0v) is 11.4. The van der Waals surface area contributed by atoms with Crippen molar-refractivity contribution >= 4 is 16.7 Å². The Balaban J connectivity index is 2.24. The van der Waals surface area contributed by atoms with Crippen LogP contribution >= 0.6 is 0 Å². The highest BCUT2D eigenvalue weighted by Crippen LogP contribution is 2.25. The first kappa shape index (κ1) is 12.5. The van der Waals surface area contributed by atoms with Crippen LogP contribution in [0.5, 0.6) is 0 Å². The zero-order valence-electron chi connectivity index (χ0n) is 11.4. The normalized spacial score (nSPS) is 10.9. The molecule has 3 nitrogen and oxygen atoms in total. The largest absolute Gasteiger partial charge is 0.456 e. The first-order valence-electron chi connectivity index (χ1n) is 6.45. The van der Waals surface area contributed by atoms with Crippen LogP contribution in [0.1, 0.15) is 11.1 Å². The van der Waals surface area contributed by atoms with E-state index in [9.17, 15) is 4.79 Å². The molecule has 1 aromatic heterocycles. The average molecular weight is 265 g/mol. The molecule has 100 valence electrons. The summed E-state index contributed by atoms with van der Waals surface area (Å²) in [7, 11) is 0. The molecular formula is C17H15NO2. The molecule has 3 heteroatoms. The fourth-order valence-corrected chi connectivity index (χ4v) is 2.21. The van der Waals surface area contributed by atoms with Crippen LogP contribution in [0.15, 0.2) is 51.7 Å². The quantitative estimate of drug-likeness (QED) is 0.683. The van der Waals surface area contributed by atoms with Crippen LogP contribution in [0.3, 0.4) is 0 Å². The summed E-state index contributed by atoms with van der Waals surface area (Å²) >= 11 is 0. The van der Waals surface area contributed by atoms with E-state index in [1.54, 1.807) is 0 Å². The van der Waals surface area contributed by atoms with Crippen molar-refractivity contribution in [2.45, 2.75) is 13.8 Å². The number of hydrogen-bond donors (Lipinski definition) is 1. The molecule has 0 aliphatic heterocycles. The van der Waals surface area contributed by atoms with Crippen LogP contribution in [0.4, 0.5) is 5.69 Å². The molecule has 3 rings (SSSR count). The van der Waals surface area contributed by atoms with Crippen molar-refractivity contribution in [3.05, 3.63) is 63.8 Å². The number of aryl methyl sites for hydroxylation is 2. The topological polar surface area (TPSA) is 56.2 Å². The van der Waals surface area contributed by atoms with E-state index in [1.165, 1.54) is 6.07 Å². The molecule has 3 aromatic rings. The summed E-state index contributed by atoms with van der Waals surface area (Å²) < 4.78 is 5.82. The number of fused-ring (bicyclic) bond motifs is 1. The number of nitrogens with two attached hydrogens (primary N) is 1. The highest BCUT2D eigenvalue weighted by atomic mass is 16.3. The first-order valence-corrected chi connectivity index (χ1v) is 6.45. The van der Waals surface area contributed by atoms with Gasteiger partial charge in [-0.1, -0.05) is 23.8 Å². The summed E-state index contributed by atoms with van der Waals surface area (Å²) in [6.07, 6.45) is 0. The second kappa shape index (κ2) is 4.53. The Kier molecular flexibility index (Phi) is 2.83. The number of benzene rings is 2. The lowest BCUT2D eigenvalue weighted by molar-refractivity contribution is 0.619. The van der Waals surface area contributed by atoms with Crippen LogP contribution < -0.4 is 11.2 Å². The Morgan fingerprint density at radius 2 is 1.80 bits per heavy atom. The van der Waals surface area contributed by atoms with E-state index >= 15 is 0 Å². The minimum absolute atomic E-state index is 0.0379. The summed E-state index contributed by atoms with van der Waals surface area (Å²) in [5, 5.41) is 0.605. The lowest BCUT2D eigenvalue weighted by atomic mass is 10.1. The van der Waals surface area contributed by atoms with Gasteiger partial charge < -0.3 is 10.2 Å². The van der Waals surface area contributed by atoms with E-state index < -0.39 is 0 Å². The van der Waals surface area contributed by atoms with E-state index in [0.29, 0.717) is 22.4 Å². The third-order valence-electron chi connectivity index (χ3n) is 3.45. The van der Waals surface area contributed by atoms with Gasteiger partial charge in [-0.25, -0.2) is 0 Å². The van der Waals surface area contributed by atoms with Gasteiger partial charge in [0.2, 0.25) is 0 Å². The van der Waals surface area contributed by atoms with Crippen molar-refractivity contribution in [2.24, 2.45) is 0 Å². The van der Waals surface area contributed by atoms with E-state index in [0.717, 1.165) is 16.7 Å². The molecule has 0 aliphatic carbocycles. The highest BCUT2D eigenvalue weighted by Gasteiger charge is 2.08. The van der Waals surface area contributed by atoms with Crippen molar-refractivity contribution in [1.29, 1.82) is 0 Å².